The highest BCUT2D eigenvalue weighted by Crippen LogP contribution is 2.42. The fourth-order valence-corrected chi connectivity index (χ4v) is 12.3. The number of carbonyl (C=O) groups is 1. The SMILES string of the molecule is C.C.CC(C)(C)OC(=O)N1CCC2(CCN(CCOc3ccc(/C(=C(/CCCO)c4ccccc4)c4ccc(O)cc4)cc3)C2)C1.OCCC/C(=C(\c1ccc(O)cc1)c1ccc(OCCN2CCC3(CCNC3)C2)cc1)c1ccccc1. The van der Waals surface area contributed by atoms with Gasteiger partial charge < -0.3 is 44.9 Å². The van der Waals surface area contributed by atoms with Crippen LogP contribution in [0.1, 0.15) is 120 Å². The number of aromatic hydroxyl groups is 2. The van der Waals surface area contributed by atoms with Crippen LogP contribution in [0.15, 0.2) is 158 Å². The summed E-state index contributed by atoms with van der Waals surface area (Å²) in [6.45, 7) is 17.3. The summed E-state index contributed by atoms with van der Waals surface area (Å²) in [5.41, 5.74) is 11.1. The van der Waals surface area contributed by atoms with Gasteiger partial charge in [-0.2, -0.15) is 0 Å². The highest BCUT2D eigenvalue weighted by Gasteiger charge is 2.45. The van der Waals surface area contributed by atoms with E-state index < -0.39 is 5.60 Å². The number of phenolic OH excluding ortho intramolecular Hbond substituents is 2. The number of allylic oxidation sites excluding steroid dienone is 2. The molecule has 12 heteroatoms. The number of rotatable bonds is 20. The molecule has 12 nitrogen and oxygen atoms in total. The Morgan fingerprint density at radius 2 is 0.928 bits per heavy atom. The van der Waals surface area contributed by atoms with E-state index in [-0.39, 0.29) is 51.1 Å². The standard InChI is InChI=1S/C37H46N2O5.C32H38N2O3.2CH4/c1-36(2,3)44-35(42)39-22-20-37(27-39)19-21-38(26-37)23-25-43-32-17-13-30(14-18-32)34(29-11-15-31(41)16-12-29)33(10-7-24-40)28-8-5-4-6-9-28;35-21-4-7-30(25-5-2-1-3-6-25)31(26-8-12-28(36)13-9-26)27-10-14-29(15-11-27)37-22-20-34-19-17-32(24-34)16-18-33-23-32;;/h4-6,8-9,11-18,40-41H,7,10,19-27H2,1-3H3;1-3,5-6,8-15,33,35-36H,4,7,16-24H2;2*1H4/b34-33-;31-30-;;. The van der Waals surface area contributed by atoms with Crippen molar-refractivity contribution in [1.29, 1.82) is 0 Å². The van der Waals surface area contributed by atoms with Crippen LogP contribution in [-0.4, -0.2) is 139 Å². The third-order valence-electron chi connectivity index (χ3n) is 16.4. The van der Waals surface area contributed by atoms with Gasteiger partial charge >= 0.3 is 6.09 Å². The second-order valence-corrected chi connectivity index (χ2v) is 23.6. The normalized spacial score (nSPS) is 19.3. The molecular weight excluding hydrogens is 1040 g/mol. The van der Waals surface area contributed by atoms with Gasteiger partial charge in [0.2, 0.25) is 0 Å². The van der Waals surface area contributed by atoms with Gasteiger partial charge in [0, 0.05) is 64.4 Å². The zero-order chi connectivity index (χ0) is 56.7. The van der Waals surface area contributed by atoms with Gasteiger partial charge in [0.1, 0.15) is 41.8 Å². The minimum absolute atomic E-state index is 0. The first-order valence-corrected chi connectivity index (χ1v) is 29.3. The van der Waals surface area contributed by atoms with Gasteiger partial charge in [-0.05, 0) is 201 Å². The average molecular weight is 1130 g/mol. The Balaban J connectivity index is 0.000000236. The van der Waals surface area contributed by atoms with Crippen LogP contribution in [0.2, 0.25) is 0 Å². The van der Waals surface area contributed by atoms with Crippen molar-refractivity contribution in [1.82, 2.24) is 20.0 Å². The zero-order valence-electron chi connectivity index (χ0n) is 47.8. The number of amides is 1. The molecule has 0 aromatic heterocycles. The summed E-state index contributed by atoms with van der Waals surface area (Å²) in [5, 5.41) is 42.6. The lowest BCUT2D eigenvalue weighted by Gasteiger charge is -2.27. The monoisotopic (exact) mass is 1130 g/mol. The Kier molecular flexibility index (Phi) is 23.0. The summed E-state index contributed by atoms with van der Waals surface area (Å²) in [6.07, 6.45) is 7.31. The number of nitrogens with one attached hydrogen (secondary N) is 1. The molecular formula is C71H92N4O8. The Hall–Kier alpha value is -6.93. The third-order valence-corrected chi connectivity index (χ3v) is 16.4. The number of hydrogen-bond donors (Lipinski definition) is 5. The predicted octanol–water partition coefficient (Wildman–Crippen LogP) is 13.3. The van der Waals surface area contributed by atoms with Crippen LogP contribution in [0.25, 0.3) is 22.3 Å². The fraction of sp³-hybridized carbons (Fsp3) is 0.423. The lowest BCUT2D eigenvalue weighted by molar-refractivity contribution is 0.0273. The summed E-state index contributed by atoms with van der Waals surface area (Å²) >= 11 is 0. The fourth-order valence-electron chi connectivity index (χ4n) is 12.3. The van der Waals surface area contributed by atoms with E-state index in [1.54, 1.807) is 24.3 Å². The highest BCUT2D eigenvalue weighted by molar-refractivity contribution is 5.99. The molecule has 1 amide bonds. The minimum atomic E-state index is -0.475. The number of carbonyl (C=O) groups excluding carboxylic acids is 1. The third kappa shape index (κ3) is 17.3. The number of benzene rings is 6. The van der Waals surface area contributed by atoms with Crippen molar-refractivity contribution >= 4 is 28.4 Å². The van der Waals surface area contributed by atoms with Gasteiger partial charge in [-0.25, -0.2) is 4.79 Å². The molecule has 4 fully saturated rings. The molecule has 4 saturated heterocycles. The molecule has 0 radical (unpaired) electrons. The molecule has 2 unspecified atom stereocenters. The number of aliphatic hydroxyl groups excluding tert-OH is 2. The van der Waals surface area contributed by atoms with Gasteiger partial charge in [-0.1, -0.05) is 124 Å². The van der Waals surface area contributed by atoms with E-state index in [2.05, 4.69) is 75.8 Å². The maximum atomic E-state index is 12.6. The Labute approximate surface area is 495 Å². The Bertz CT molecular complexity index is 2990. The van der Waals surface area contributed by atoms with E-state index in [1.807, 2.05) is 98.5 Å². The molecule has 444 valence electrons. The molecule has 4 aliphatic rings. The van der Waals surface area contributed by atoms with Crippen molar-refractivity contribution in [2.24, 2.45) is 10.8 Å². The van der Waals surface area contributed by atoms with Crippen LogP contribution < -0.4 is 14.8 Å². The van der Waals surface area contributed by atoms with Crippen molar-refractivity contribution in [3.8, 4) is 23.0 Å². The molecule has 0 aliphatic carbocycles. The summed E-state index contributed by atoms with van der Waals surface area (Å²) in [6, 6.07) is 51.9. The summed E-state index contributed by atoms with van der Waals surface area (Å²) in [5.74, 6) is 2.17. The summed E-state index contributed by atoms with van der Waals surface area (Å²) in [7, 11) is 0. The van der Waals surface area contributed by atoms with E-state index >= 15 is 0 Å². The van der Waals surface area contributed by atoms with Crippen molar-refractivity contribution in [2.45, 2.75) is 92.6 Å². The topological polar surface area (TPSA) is 147 Å². The largest absolute Gasteiger partial charge is 0.508 e. The first-order valence-electron chi connectivity index (χ1n) is 29.3. The predicted molar refractivity (Wildman–Crippen MR) is 338 cm³/mol. The molecule has 83 heavy (non-hydrogen) atoms. The molecule has 5 N–H and O–H groups in total. The van der Waals surface area contributed by atoms with Gasteiger partial charge in [0.15, 0.2) is 0 Å². The van der Waals surface area contributed by atoms with Gasteiger partial charge in [-0.15, -0.1) is 0 Å². The summed E-state index contributed by atoms with van der Waals surface area (Å²) in [4.78, 5) is 19.4. The van der Waals surface area contributed by atoms with Crippen molar-refractivity contribution < 1.29 is 39.4 Å². The molecule has 6 aromatic carbocycles. The first kappa shape index (κ1) is 63.6. The number of aliphatic hydroxyl groups is 2. The van der Waals surface area contributed by atoms with Crippen LogP contribution in [0.3, 0.4) is 0 Å². The molecule has 6 aromatic rings. The van der Waals surface area contributed by atoms with Gasteiger partial charge in [0.05, 0.1) is 0 Å². The molecule has 0 saturated carbocycles. The lowest BCUT2D eigenvalue weighted by Crippen LogP contribution is -2.38. The number of hydrogen-bond acceptors (Lipinski definition) is 11. The van der Waals surface area contributed by atoms with Crippen molar-refractivity contribution in [3.05, 3.63) is 191 Å². The Morgan fingerprint density at radius 1 is 0.518 bits per heavy atom. The van der Waals surface area contributed by atoms with Crippen molar-refractivity contribution in [2.75, 3.05) is 91.9 Å². The second-order valence-electron chi connectivity index (χ2n) is 23.6. The molecule has 4 aliphatic heterocycles. The number of nitrogens with zero attached hydrogens (tertiary/aromatic N) is 3. The zero-order valence-corrected chi connectivity index (χ0v) is 47.8. The highest BCUT2D eigenvalue weighted by atomic mass is 16.6. The van der Waals surface area contributed by atoms with Crippen LogP contribution in [0.4, 0.5) is 4.79 Å². The molecule has 2 spiro atoms. The Morgan fingerprint density at radius 3 is 1.34 bits per heavy atom. The average Bonchev–Trinajstić information content (AvgIpc) is 4.46. The van der Waals surface area contributed by atoms with Crippen LogP contribution in [0, 0.1) is 10.8 Å². The van der Waals surface area contributed by atoms with Gasteiger partial charge in [0.25, 0.3) is 0 Å². The maximum Gasteiger partial charge on any atom is 0.410 e. The van der Waals surface area contributed by atoms with Gasteiger partial charge in [-0.3, -0.25) is 9.80 Å². The van der Waals surface area contributed by atoms with E-state index in [4.69, 9.17) is 14.2 Å². The van der Waals surface area contributed by atoms with Crippen molar-refractivity contribution in [3.63, 3.8) is 0 Å². The van der Waals surface area contributed by atoms with Crippen LogP contribution in [-0.2, 0) is 4.74 Å². The number of ether oxygens (including phenoxy) is 3. The van der Waals surface area contributed by atoms with E-state index in [9.17, 15) is 25.2 Å². The smallest absolute Gasteiger partial charge is 0.410 e. The summed E-state index contributed by atoms with van der Waals surface area (Å²) < 4.78 is 17.9. The molecule has 0 bridgehead atoms. The second kappa shape index (κ2) is 30.1. The maximum absolute atomic E-state index is 12.6. The quantitative estimate of drug-likeness (QED) is 0.0466. The first-order chi connectivity index (χ1) is 39.3. The van der Waals surface area contributed by atoms with E-state index in [1.165, 1.54) is 31.5 Å². The lowest BCUT2D eigenvalue weighted by atomic mass is 9.86. The van der Waals surface area contributed by atoms with Crippen LogP contribution in [0.5, 0.6) is 23.0 Å². The number of phenols is 2. The molecule has 2 atom stereocenters. The van der Waals surface area contributed by atoms with E-state index in [0.717, 1.165) is 140 Å². The molecule has 10 rings (SSSR count). The number of likely N-dealkylation sites (tertiary alicyclic amines) is 3. The van der Waals surface area contributed by atoms with Crippen LogP contribution >= 0.6 is 0 Å². The van der Waals surface area contributed by atoms with E-state index in [0.29, 0.717) is 31.5 Å². The minimum Gasteiger partial charge on any atom is -0.508 e. The molecule has 4 heterocycles.